The first-order valence-electron chi connectivity index (χ1n) is 7.15. The van der Waals surface area contributed by atoms with Crippen LogP contribution in [-0.2, 0) is 11.3 Å². The number of aliphatic hydroxyl groups is 1. The van der Waals surface area contributed by atoms with Crippen LogP contribution in [-0.4, -0.2) is 37.6 Å². The van der Waals surface area contributed by atoms with Gasteiger partial charge in [0.2, 0.25) is 0 Å². The van der Waals surface area contributed by atoms with Crippen LogP contribution in [0, 0.1) is 0 Å². The van der Waals surface area contributed by atoms with E-state index >= 15 is 0 Å². The summed E-state index contributed by atoms with van der Waals surface area (Å²) in [7, 11) is 0. The van der Waals surface area contributed by atoms with E-state index in [9.17, 15) is 5.11 Å². The highest BCUT2D eigenvalue weighted by Crippen LogP contribution is 2.34. The van der Waals surface area contributed by atoms with Crippen molar-refractivity contribution in [3.8, 4) is 5.75 Å². The molecule has 0 aliphatic rings. The van der Waals surface area contributed by atoms with E-state index in [1.54, 1.807) is 0 Å². The van der Waals surface area contributed by atoms with Crippen molar-refractivity contribution < 1.29 is 14.6 Å². The number of benzene rings is 1. The fraction of sp³-hybridized carbons (Fsp3) is 0.600. The Balaban J connectivity index is 2.58. The highest BCUT2D eigenvalue weighted by molar-refractivity contribution is 9.11. The summed E-state index contributed by atoms with van der Waals surface area (Å²) in [5.41, 5.74) is 1.17. The lowest BCUT2D eigenvalue weighted by Crippen LogP contribution is -2.23. The first-order chi connectivity index (χ1) is 10.1. The van der Waals surface area contributed by atoms with Gasteiger partial charge in [0.05, 0.1) is 15.6 Å². The summed E-state index contributed by atoms with van der Waals surface area (Å²) >= 11 is 7.03. The van der Waals surface area contributed by atoms with Gasteiger partial charge in [0.15, 0.2) is 0 Å². The topological polar surface area (TPSA) is 50.7 Å². The molecule has 0 spiro atoms. The normalized spacial score (nSPS) is 12.4. The summed E-state index contributed by atoms with van der Waals surface area (Å²) < 4.78 is 12.6. The smallest absolute Gasteiger partial charge is 0.147 e. The van der Waals surface area contributed by atoms with Crippen molar-refractivity contribution in [2.75, 3.05) is 26.4 Å². The number of ether oxygens (including phenoxy) is 2. The Kier molecular flexibility index (Phi) is 9.51. The van der Waals surface area contributed by atoms with Gasteiger partial charge in [-0.1, -0.05) is 6.92 Å². The second-order valence-corrected chi connectivity index (χ2v) is 6.40. The Bertz CT molecular complexity index is 406. The fourth-order valence-corrected chi connectivity index (χ4v) is 3.25. The number of halogens is 2. The van der Waals surface area contributed by atoms with Crippen molar-refractivity contribution >= 4 is 31.9 Å². The molecule has 120 valence electrons. The highest BCUT2D eigenvalue weighted by Gasteiger charge is 2.12. The molecule has 1 rings (SSSR count). The van der Waals surface area contributed by atoms with Crippen LogP contribution in [0.4, 0.5) is 0 Å². The third-order valence-corrected chi connectivity index (χ3v) is 3.93. The molecule has 2 N–H and O–H groups in total. The Morgan fingerprint density at radius 3 is 2.43 bits per heavy atom. The van der Waals surface area contributed by atoms with Crippen LogP contribution in [0.3, 0.4) is 0 Å². The van der Waals surface area contributed by atoms with E-state index in [1.165, 1.54) is 5.56 Å². The van der Waals surface area contributed by atoms with Crippen LogP contribution in [0.5, 0.6) is 5.75 Å². The van der Waals surface area contributed by atoms with E-state index in [0.717, 1.165) is 28.5 Å². The quantitative estimate of drug-likeness (QED) is 0.564. The molecule has 1 atom stereocenters. The maximum Gasteiger partial charge on any atom is 0.147 e. The molecule has 0 saturated carbocycles. The van der Waals surface area contributed by atoms with Gasteiger partial charge in [0.1, 0.15) is 18.5 Å². The third kappa shape index (κ3) is 7.10. The summed E-state index contributed by atoms with van der Waals surface area (Å²) in [6, 6.07) is 4.05. The van der Waals surface area contributed by atoms with Crippen molar-refractivity contribution in [1.29, 1.82) is 0 Å². The van der Waals surface area contributed by atoms with Gasteiger partial charge >= 0.3 is 0 Å². The van der Waals surface area contributed by atoms with Crippen molar-refractivity contribution in [2.24, 2.45) is 0 Å². The average molecular weight is 425 g/mol. The molecule has 21 heavy (non-hydrogen) atoms. The van der Waals surface area contributed by atoms with Crippen molar-refractivity contribution in [3.05, 3.63) is 26.6 Å². The lowest BCUT2D eigenvalue weighted by Gasteiger charge is -2.15. The second kappa shape index (κ2) is 10.6. The number of nitrogens with one attached hydrogen (secondary N) is 1. The Hall–Kier alpha value is -0.140. The molecule has 0 saturated heterocycles. The highest BCUT2D eigenvalue weighted by atomic mass is 79.9. The van der Waals surface area contributed by atoms with Gasteiger partial charge in [0.25, 0.3) is 0 Å². The molecule has 0 aromatic heterocycles. The summed E-state index contributed by atoms with van der Waals surface area (Å²) in [6.07, 6.45) is 0.482. The first kappa shape index (κ1) is 18.9. The van der Waals surface area contributed by atoms with Crippen LogP contribution >= 0.6 is 31.9 Å². The van der Waals surface area contributed by atoms with Gasteiger partial charge in [-0.3, -0.25) is 0 Å². The summed E-state index contributed by atoms with van der Waals surface area (Å²) in [5.74, 6) is 0.699. The maximum atomic E-state index is 9.73. The predicted molar refractivity (Wildman–Crippen MR) is 91.8 cm³/mol. The van der Waals surface area contributed by atoms with E-state index in [4.69, 9.17) is 9.47 Å². The molecule has 0 bridgehead atoms. The van der Waals surface area contributed by atoms with Crippen molar-refractivity contribution in [1.82, 2.24) is 5.32 Å². The van der Waals surface area contributed by atoms with Gasteiger partial charge in [-0.25, -0.2) is 0 Å². The van der Waals surface area contributed by atoms with Crippen LogP contribution in [0.25, 0.3) is 0 Å². The van der Waals surface area contributed by atoms with Crippen LogP contribution < -0.4 is 10.1 Å². The van der Waals surface area contributed by atoms with Crippen molar-refractivity contribution in [3.63, 3.8) is 0 Å². The molecule has 0 heterocycles. The molecule has 1 aromatic rings. The van der Waals surface area contributed by atoms with Gasteiger partial charge in [-0.15, -0.1) is 0 Å². The van der Waals surface area contributed by atoms with Gasteiger partial charge in [-0.05, 0) is 69.4 Å². The zero-order chi connectivity index (χ0) is 15.7. The van der Waals surface area contributed by atoms with E-state index in [0.29, 0.717) is 12.4 Å². The van der Waals surface area contributed by atoms with Gasteiger partial charge in [-0.2, -0.15) is 0 Å². The molecule has 1 unspecified atom stereocenters. The Morgan fingerprint density at radius 1 is 1.19 bits per heavy atom. The summed E-state index contributed by atoms with van der Waals surface area (Å²) in [5, 5.41) is 13.1. The number of hydrogen-bond donors (Lipinski definition) is 2. The Labute approximate surface area is 143 Å². The zero-order valence-electron chi connectivity index (χ0n) is 12.5. The minimum absolute atomic E-state index is 0.199. The second-order valence-electron chi connectivity index (χ2n) is 4.69. The molecule has 0 amide bonds. The Morgan fingerprint density at radius 2 is 1.86 bits per heavy atom. The largest absolute Gasteiger partial charge is 0.488 e. The molecular weight excluding hydrogens is 402 g/mol. The van der Waals surface area contributed by atoms with Gasteiger partial charge < -0.3 is 19.9 Å². The maximum absolute atomic E-state index is 9.73. The SMILES string of the molecule is CCCNCc1cc(Br)c(OCC(O)COCC)c(Br)c1. The molecule has 1 aromatic carbocycles. The van der Waals surface area contributed by atoms with Crippen LogP contribution in [0.15, 0.2) is 21.1 Å². The molecule has 0 aliphatic carbocycles. The van der Waals surface area contributed by atoms with Crippen LogP contribution in [0.2, 0.25) is 0 Å². The average Bonchev–Trinajstić information content (AvgIpc) is 2.44. The monoisotopic (exact) mass is 423 g/mol. The number of hydrogen-bond acceptors (Lipinski definition) is 4. The molecule has 4 nitrogen and oxygen atoms in total. The van der Waals surface area contributed by atoms with E-state index < -0.39 is 6.10 Å². The standard InChI is InChI=1S/C15H23Br2NO3/c1-3-5-18-8-11-6-13(16)15(14(17)7-11)21-10-12(19)9-20-4-2/h6-7,12,18-19H,3-5,8-10H2,1-2H3. The predicted octanol–water partition coefficient (Wildman–Crippen LogP) is 3.49. The van der Waals surface area contributed by atoms with Gasteiger partial charge in [0, 0.05) is 13.2 Å². The summed E-state index contributed by atoms with van der Waals surface area (Å²) in [6.45, 7) is 6.92. The molecule has 6 heteroatoms. The van der Waals surface area contributed by atoms with Crippen LogP contribution in [0.1, 0.15) is 25.8 Å². The molecule has 0 aliphatic heterocycles. The third-order valence-electron chi connectivity index (χ3n) is 2.75. The van der Waals surface area contributed by atoms with E-state index in [-0.39, 0.29) is 13.2 Å². The van der Waals surface area contributed by atoms with Crippen molar-refractivity contribution in [2.45, 2.75) is 32.9 Å². The fourth-order valence-electron chi connectivity index (χ4n) is 1.74. The summed E-state index contributed by atoms with van der Waals surface area (Å²) in [4.78, 5) is 0. The molecule has 0 fully saturated rings. The molecular formula is C15H23Br2NO3. The number of aliphatic hydroxyl groups excluding tert-OH is 1. The minimum Gasteiger partial charge on any atom is -0.488 e. The first-order valence-corrected chi connectivity index (χ1v) is 8.74. The minimum atomic E-state index is -0.630. The lowest BCUT2D eigenvalue weighted by atomic mass is 10.2. The zero-order valence-corrected chi connectivity index (χ0v) is 15.7. The van der Waals surface area contributed by atoms with E-state index in [2.05, 4.69) is 44.1 Å². The molecule has 0 radical (unpaired) electrons. The lowest BCUT2D eigenvalue weighted by molar-refractivity contribution is 0.0161. The number of rotatable bonds is 10. The van der Waals surface area contributed by atoms with E-state index in [1.807, 2.05) is 19.1 Å².